The summed E-state index contributed by atoms with van der Waals surface area (Å²) in [6, 6.07) is 0.148. The Morgan fingerprint density at radius 1 is 1.50 bits per heavy atom. The van der Waals surface area contributed by atoms with Gasteiger partial charge in [0.05, 0.1) is 5.75 Å². The minimum Gasteiger partial charge on any atom is -0.212 e. The average molecular weight is 240 g/mol. The Labute approximate surface area is 91.5 Å². The lowest BCUT2D eigenvalue weighted by Gasteiger charge is -2.23. The zero-order valence-corrected chi connectivity index (χ0v) is 10.3. The molecule has 1 aliphatic carbocycles. The normalized spacial score (nSPS) is 20.0. The van der Waals surface area contributed by atoms with E-state index < -0.39 is 10.0 Å². The molecule has 1 fully saturated rings. The van der Waals surface area contributed by atoms with Crippen LogP contribution in [0.15, 0.2) is 0 Å². The van der Waals surface area contributed by atoms with Crippen LogP contribution in [0.3, 0.4) is 0 Å². The molecule has 0 bridgehead atoms. The molecule has 1 aliphatic rings. The standard InChI is InChI=1S/C9H18ClNO2S/c1-8(9-4-5-9)11(2)14(12,13)7-3-6-10/h8-9H,3-7H2,1-2H3. The topological polar surface area (TPSA) is 37.4 Å². The van der Waals surface area contributed by atoms with Crippen LogP contribution in [0, 0.1) is 5.92 Å². The van der Waals surface area contributed by atoms with Crippen LogP contribution >= 0.6 is 11.6 Å². The van der Waals surface area contributed by atoms with Crippen molar-refractivity contribution in [2.45, 2.75) is 32.2 Å². The number of hydrogen-bond donors (Lipinski definition) is 0. The molecule has 0 heterocycles. The Bertz CT molecular complexity index is 275. The van der Waals surface area contributed by atoms with Gasteiger partial charge in [0, 0.05) is 19.0 Å². The highest BCUT2D eigenvalue weighted by Crippen LogP contribution is 2.35. The van der Waals surface area contributed by atoms with Gasteiger partial charge in [0.1, 0.15) is 0 Å². The van der Waals surface area contributed by atoms with Crippen LogP contribution in [-0.2, 0) is 10.0 Å². The van der Waals surface area contributed by atoms with Crippen molar-refractivity contribution in [1.29, 1.82) is 0 Å². The Morgan fingerprint density at radius 2 is 2.07 bits per heavy atom. The van der Waals surface area contributed by atoms with Gasteiger partial charge in [-0.25, -0.2) is 12.7 Å². The van der Waals surface area contributed by atoms with Crippen LogP contribution in [0.2, 0.25) is 0 Å². The second-order valence-corrected chi connectivity index (χ2v) is 6.48. The summed E-state index contributed by atoms with van der Waals surface area (Å²) >= 11 is 5.48. The fourth-order valence-corrected chi connectivity index (χ4v) is 3.28. The van der Waals surface area contributed by atoms with Crippen LogP contribution in [0.4, 0.5) is 0 Å². The van der Waals surface area contributed by atoms with Gasteiger partial charge in [-0.15, -0.1) is 11.6 Å². The first kappa shape index (κ1) is 12.3. The van der Waals surface area contributed by atoms with Gasteiger partial charge < -0.3 is 0 Å². The SMILES string of the molecule is CC(C1CC1)N(C)S(=O)(=O)CCCCl. The van der Waals surface area contributed by atoms with E-state index in [1.807, 2.05) is 6.92 Å². The largest absolute Gasteiger partial charge is 0.214 e. The maximum atomic E-state index is 11.7. The number of halogens is 1. The van der Waals surface area contributed by atoms with E-state index in [0.29, 0.717) is 18.2 Å². The zero-order valence-electron chi connectivity index (χ0n) is 8.74. The molecule has 0 amide bonds. The third-order valence-electron chi connectivity index (χ3n) is 2.85. The van der Waals surface area contributed by atoms with Crippen LogP contribution in [0.1, 0.15) is 26.2 Å². The molecule has 3 nitrogen and oxygen atoms in total. The van der Waals surface area contributed by atoms with Gasteiger partial charge in [0.25, 0.3) is 0 Å². The van der Waals surface area contributed by atoms with Crippen molar-refractivity contribution in [1.82, 2.24) is 4.31 Å². The molecule has 0 radical (unpaired) electrons. The molecule has 1 atom stereocenters. The smallest absolute Gasteiger partial charge is 0.212 e. The van der Waals surface area contributed by atoms with Gasteiger partial charge in [-0.1, -0.05) is 0 Å². The lowest BCUT2D eigenvalue weighted by molar-refractivity contribution is 0.357. The fraction of sp³-hybridized carbons (Fsp3) is 1.00. The van der Waals surface area contributed by atoms with Gasteiger partial charge in [-0.2, -0.15) is 0 Å². The van der Waals surface area contributed by atoms with Crippen molar-refractivity contribution in [2.24, 2.45) is 5.92 Å². The molecule has 0 saturated heterocycles. The number of nitrogens with zero attached hydrogens (tertiary/aromatic N) is 1. The molecule has 0 aromatic heterocycles. The lowest BCUT2D eigenvalue weighted by Crippen LogP contribution is -2.37. The van der Waals surface area contributed by atoms with Crippen molar-refractivity contribution in [3.63, 3.8) is 0 Å². The van der Waals surface area contributed by atoms with E-state index in [-0.39, 0.29) is 11.8 Å². The third-order valence-corrected chi connectivity index (χ3v) is 5.13. The summed E-state index contributed by atoms with van der Waals surface area (Å²) < 4.78 is 25.0. The highest BCUT2D eigenvalue weighted by atomic mass is 35.5. The van der Waals surface area contributed by atoms with E-state index in [2.05, 4.69) is 0 Å². The van der Waals surface area contributed by atoms with Gasteiger partial charge >= 0.3 is 0 Å². The minimum atomic E-state index is -3.08. The van der Waals surface area contributed by atoms with Crippen LogP contribution in [-0.4, -0.2) is 37.4 Å². The van der Waals surface area contributed by atoms with E-state index in [1.165, 1.54) is 4.31 Å². The molecule has 5 heteroatoms. The molecular formula is C9H18ClNO2S. The number of alkyl halides is 1. The highest BCUT2D eigenvalue weighted by Gasteiger charge is 2.34. The number of rotatable bonds is 6. The summed E-state index contributed by atoms with van der Waals surface area (Å²) in [5, 5.41) is 0. The number of hydrogen-bond acceptors (Lipinski definition) is 2. The Morgan fingerprint density at radius 3 is 2.50 bits per heavy atom. The summed E-state index contributed by atoms with van der Waals surface area (Å²) in [5.74, 6) is 1.15. The number of sulfonamides is 1. The average Bonchev–Trinajstić information content (AvgIpc) is 2.95. The summed E-state index contributed by atoms with van der Waals surface area (Å²) in [6.45, 7) is 1.98. The van der Waals surface area contributed by atoms with Crippen LogP contribution in [0.25, 0.3) is 0 Å². The molecule has 1 unspecified atom stereocenters. The Balaban J connectivity index is 2.52. The molecule has 0 aliphatic heterocycles. The van der Waals surface area contributed by atoms with E-state index in [1.54, 1.807) is 7.05 Å². The second kappa shape index (κ2) is 4.81. The monoisotopic (exact) mass is 239 g/mol. The van der Waals surface area contributed by atoms with Gasteiger partial charge in [0.2, 0.25) is 10.0 Å². The Kier molecular flexibility index (Phi) is 4.22. The summed E-state index contributed by atoms with van der Waals surface area (Å²) in [6.07, 6.45) is 2.86. The van der Waals surface area contributed by atoms with Crippen molar-refractivity contribution in [3.05, 3.63) is 0 Å². The van der Waals surface area contributed by atoms with E-state index >= 15 is 0 Å². The molecule has 14 heavy (non-hydrogen) atoms. The quantitative estimate of drug-likeness (QED) is 0.662. The first-order valence-corrected chi connectivity index (χ1v) is 7.15. The van der Waals surface area contributed by atoms with Crippen LogP contribution < -0.4 is 0 Å². The molecule has 84 valence electrons. The second-order valence-electron chi connectivity index (χ2n) is 3.95. The molecule has 1 saturated carbocycles. The van der Waals surface area contributed by atoms with E-state index in [9.17, 15) is 8.42 Å². The predicted octanol–water partition coefficient (Wildman–Crippen LogP) is 1.68. The van der Waals surface area contributed by atoms with E-state index in [0.717, 1.165) is 12.8 Å². The molecule has 0 N–H and O–H groups in total. The molecule has 0 spiro atoms. The van der Waals surface area contributed by atoms with Gasteiger partial charge in [-0.3, -0.25) is 0 Å². The van der Waals surface area contributed by atoms with Crippen molar-refractivity contribution < 1.29 is 8.42 Å². The van der Waals surface area contributed by atoms with Crippen molar-refractivity contribution >= 4 is 21.6 Å². The van der Waals surface area contributed by atoms with Gasteiger partial charge in [-0.05, 0) is 32.1 Å². The maximum Gasteiger partial charge on any atom is 0.214 e. The lowest BCUT2D eigenvalue weighted by atomic mass is 10.2. The van der Waals surface area contributed by atoms with E-state index in [4.69, 9.17) is 11.6 Å². The molecule has 1 rings (SSSR count). The first-order valence-electron chi connectivity index (χ1n) is 5.00. The van der Waals surface area contributed by atoms with Crippen molar-refractivity contribution in [2.75, 3.05) is 18.7 Å². The fourth-order valence-electron chi connectivity index (χ4n) is 1.51. The van der Waals surface area contributed by atoms with Gasteiger partial charge in [0.15, 0.2) is 0 Å². The maximum absolute atomic E-state index is 11.7. The van der Waals surface area contributed by atoms with Crippen LogP contribution in [0.5, 0.6) is 0 Å². The summed E-state index contributed by atoms with van der Waals surface area (Å²) in [4.78, 5) is 0. The molecule has 0 aromatic rings. The zero-order chi connectivity index (χ0) is 10.8. The first-order chi connectivity index (χ1) is 6.49. The van der Waals surface area contributed by atoms with Crippen molar-refractivity contribution in [3.8, 4) is 0 Å². The third kappa shape index (κ3) is 3.11. The summed E-state index contributed by atoms with van der Waals surface area (Å²) in [5.41, 5.74) is 0. The minimum absolute atomic E-state index is 0.148. The summed E-state index contributed by atoms with van der Waals surface area (Å²) in [7, 11) is -1.40. The Hall–Kier alpha value is 0.200. The predicted molar refractivity (Wildman–Crippen MR) is 59.1 cm³/mol. The molecule has 0 aromatic carbocycles. The molecular weight excluding hydrogens is 222 g/mol. The highest BCUT2D eigenvalue weighted by molar-refractivity contribution is 7.89.